The summed E-state index contributed by atoms with van der Waals surface area (Å²) in [5.41, 5.74) is 0.116. The number of nitrogens with one attached hydrogen (secondary N) is 1. The van der Waals surface area contributed by atoms with Gasteiger partial charge in [0.1, 0.15) is 28.6 Å². The fourth-order valence-electron chi connectivity index (χ4n) is 5.78. The van der Waals surface area contributed by atoms with Crippen LogP contribution >= 0.6 is 0 Å². The molecular formula is C29H29F3N6O2. The van der Waals surface area contributed by atoms with E-state index < -0.39 is 29.3 Å². The van der Waals surface area contributed by atoms with E-state index in [4.69, 9.17) is 4.74 Å². The summed E-state index contributed by atoms with van der Waals surface area (Å²) in [6.07, 6.45) is -0.964. The number of rotatable bonds is 5. The molecule has 0 radical (unpaired) electrons. The van der Waals surface area contributed by atoms with Gasteiger partial charge in [0, 0.05) is 43.1 Å². The Morgan fingerprint density at radius 3 is 2.73 bits per heavy atom. The summed E-state index contributed by atoms with van der Waals surface area (Å²) in [5.74, 6) is 0.617. The summed E-state index contributed by atoms with van der Waals surface area (Å²) in [5, 5.41) is 13.4. The number of carbonyl (C=O) groups excluding carboxylic acids is 1. The number of amides is 1. The number of alkyl halides is 2. The smallest absolute Gasteiger partial charge is 0.266 e. The molecule has 3 aliphatic rings. The van der Waals surface area contributed by atoms with E-state index >= 15 is 0 Å². The lowest BCUT2D eigenvalue weighted by molar-refractivity contribution is -0.135. The molecular weight excluding hydrogens is 521 g/mol. The van der Waals surface area contributed by atoms with Gasteiger partial charge in [0.15, 0.2) is 0 Å². The van der Waals surface area contributed by atoms with Crippen molar-refractivity contribution in [2.75, 3.05) is 36.5 Å². The highest BCUT2D eigenvalue weighted by molar-refractivity contribution is 5.94. The third-order valence-electron chi connectivity index (χ3n) is 8.16. The summed E-state index contributed by atoms with van der Waals surface area (Å²) in [4.78, 5) is 26.2. The van der Waals surface area contributed by atoms with E-state index in [0.717, 1.165) is 11.8 Å². The Morgan fingerprint density at radius 2 is 2.00 bits per heavy atom. The Labute approximate surface area is 229 Å². The van der Waals surface area contributed by atoms with Crippen LogP contribution in [0.1, 0.15) is 55.6 Å². The van der Waals surface area contributed by atoms with Crippen LogP contribution < -0.4 is 15.0 Å². The normalized spacial score (nSPS) is 20.2. The van der Waals surface area contributed by atoms with E-state index in [1.165, 1.54) is 12.1 Å². The summed E-state index contributed by atoms with van der Waals surface area (Å²) < 4.78 is 47.6. The number of piperazine rings is 1. The highest BCUT2D eigenvalue weighted by atomic mass is 19.3. The van der Waals surface area contributed by atoms with Gasteiger partial charge in [0.05, 0.1) is 41.5 Å². The number of benzene rings is 2. The van der Waals surface area contributed by atoms with Crippen LogP contribution in [-0.2, 0) is 4.79 Å². The maximum Gasteiger partial charge on any atom is 0.266 e. The van der Waals surface area contributed by atoms with Crippen LogP contribution in [0.3, 0.4) is 0 Å². The molecule has 40 heavy (non-hydrogen) atoms. The van der Waals surface area contributed by atoms with Crippen LogP contribution in [0.15, 0.2) is 30.3 Å². The number of nitrogens with zero attached hydrogens (tertiary/aromatic N) is 5. The second-order valence-corrected chi connectivity index (χ2v) is 10.8. The van der Waals surface area contributed by atoms with Crippen molar-refractivity contribution >= 4 is 28.3 Å². The summed E-state index contributed by atoms with van der Waals surface area (Å²) >= 11 is 0. The van der Waals surface area contributed by atoms with E-state index in [1.54, 1.807) is 13.8 Å². The topological polar surface area (TPSA) is 94.4 Å². The number of anilines is 2. The SMILES string of the molecule is Cc1nc(NC(C)c2cccc(C(F)F)c2F)c2cc3c(cc2n1)OCCC1CN(C(=O)C2(C#N)CC2)CCN31. The van der Waals surface area contributed by atoms with Gasteiger partial charge >= 0.3 is 0 Å². The largest absolute Gasteiger partial charge is 0.491 e. The van der Waals surface area contributed by atoms with Crippen LogP contribution in [-0.4, -0.2) is 53.1 Å². The van der Waals surface area contributed by atoms with Gasteiger partial charge in [-0.15, -0.1) is 0 Å². The van der Waals surface area contributed by atoms with Crippen LogP contribution in [0, 0.1) is 29.5 Å². The number of halogens is 3. The monoisotopic (exact) mass is 550 g/mol. The minimum Gasteiger partial charge on any atom is -0.491 e. The molecule has 0 bridgehead atoms. The Morgan fingerprint density at radius 1 is 1.23 bits per heavy atom. The molecule has 2 atom stereocenters. The molecule has 1 aliphatic carbocycles. The molecule has 11 heteroatoms. The Kier molecular flexibility index (Phi) is 6.44. The lowest BCUT2D eigenvalue weighted by Gasteiger charge is -2.42. The Balaban J connectivity index is 1.33. The van der Waals surface area contributed by atoms with Gasteiger partial charge in [-0.25, -0.2) is 23.1 Å². The maximum atomic E-state index is 14.9. The van der Waals surface area contributed by atoms with E-state index in [-0.39, 0.29) is 17.5 Å². The lowest BCUT2D eigenvalue weighted by Crippen LogP contribution is -2.56. The molecule has 1 N–H and O–H groups in total. The first-order valence-electron chi connectivity index (χ1n) is 13.5. The van der Waals surface area contributed by atoms with Crippen LogP contribution in [0.25, 0.3) is 10.9 Å². The number of hydrogen-bond acceptors (Lipinski definition) is 7. The average Bonchev–Trinajstić information content (AvgIpc) is 3.75. The van der Waals surface area contributed by atoms with Gasteiger partial charge in [-0.05, 0) is 32.8 Å². The third-order valence-corrected chi connectivity index (χ3v) is 8.16. The van der Waals surface area contributed by atoms with Gasteiger partial charge in [-0.3, -0.25) is 4.79 Å². The first-order valence-corrected chi connectivity index (χ1v) is 13.5. The number of nitriles is 1. The van der Waals surface area contributed by atoms with Crippen LogP contribution in [0.5, 0.6) is 5.75 Å². The molecule has 0 spiro atoms. The zero-order valence-corrected chi connectivity index (χ0v) is 22.3. The van der Waals surface area contributed by atoms with Gasteiger partial charge in [-0.1, -0.05) is 18.2 Å². The maximum absolute atomic E-state index is 14.9. The molecule has 1 saturated carbocycles. The summed E-state index contributed by atoms with van der Waals surface area (Å²) in [7, 11) is 0. The highest BCUT2D eigenvalue weighted by Gasteiger charge is 2.53. The predicted molar refractivity (Wildman–Crippen MR) is 143 cm³/mol. The third kappa shape index (κ3) is 4.45. The van der Waals surface area contributed by atoms with Gasteiger partial charge in [0.25, 0.3) is 6.43 Å². The number of aromatic nitrogens is 2. The predicted octanol–water partition coefficient (Wildman–Crippen LogP) is 5.29. The van der Waals surface area contributed by atoms with E-state index in [1.807, 2.05) is 17.0 Å². The number of ether oxygens (including phenoxy) is 1. The number of carbonyl (C=O) groups is 1. The van der Waals surface area contributed by atoms with Crippen molar-refractivity contribution in [1.82, 2.24) is 14.9 Å². The molecule has 1 saturated heterocycles. The molecule has 3 heterocycles. The Bertz CT molecular complexity index is 1540. The minimum absolute atomic E-state index is 0.0128. The molecule has 6 rings (SSSR count). The number of hydrogen-bond donors (Lipinski definition) is 1. The Hall–Kier alpha value is -4.07. The van der Waals surface area contributed by atoms with Gasteiger partial charge in [-0.2, -0.15) is 5.26 Å². The second kappa shape index (κ2) is 9.84. The molecule has 1 aromatic heterocycles. The fraction of sp³-hybridized carbons (Fsp3) is 0.448. The second-order valence-electron chi connectivity index (χ2n) is 10.8. The fourth-order valence-corrected chi connectivity index (χ4v) is 5.78. The van der Waals surface area contributed by atoms with Crippen molar-refractivity contribution in [2.24, 2.45) is 5.41 Å². The zero-order chi connectivity index (χ0) is 28.2. The van der Waals surface area contributed by atoms with Crippen molar-refractivity contribution in [1.29, 1.82) is 5.26 Å². The van der Waals surface area contributed by atoms with Crippen LogP contribution in [0.2, 0.25) is 0 Å². The minimum atomic E-state index is -2.91. The van der Waals surface area contributed by atoms with Gasteiger partial charge < -0.3 is 19.9 Å². The molecule has 1 amide bonds. The lowest BCUT2D eigenvalue weighted by atomic mass is 10.0. The molecule has 208 valence electrons. The van der Waals surface area contributed by atoms with Crippen molar-refractivity contribution in [3.8, 4) is 11.8 Å². The van der Waals surface area contributed by atoms with Crippen molar-refractivity contribution in [3.63, 3.8) is 0 Å². The van der Waals surface area contributed by atoms with E-state index in [2.05, 4.69) is 26.3 Å². The van der Waals surface area contributed by atoms with Crippen molar-refractivity contribution in [2.45, 2.75) is 51.6 Å². The summed E-state index contributed by atoms with van der Waals surface area (Å²) in [6.45, 7) is 5.51. The van der Waals surface area contributed by atoms with Gasteiger partial charge in [0.2, 0.25) is 5.91 Å². The zero-order valence-electron chi connectivity index (χ0n) is 22.3. The molecule has 8 nitrogen and oxygen atoms in total. The average molecular weight is 551 g/mol. The molecule has 2 fully saturated rings. The first kappa shape index (κ1) is 26.2. The number of aryl methyl sites for hydroxylation is 1. The molecule has 2 aromatic carbocycles. The first-order chi connectivity index (χ1) is 19.2. The molecule has 2 unspecified atom stereocenters. The summed E-state index contributed by atoms with van der Waals surface area (Å²) in [6, 6.07) is 9.37. The quantitative estimate of drug-likeness (QED) is 0.461. The highest BCUT2D eigenvalue weighted by Crippen LogP contribution is 2.47. The number of fused-ring (bicyclic) bond motifs is 4. The van der Waals surface area contributed by atoms with Crippen molar-refractivity contribution in [3.05, 3.63) is 53.1 Å². The molecule has 3 aromatic rings. The van der Waals surface area contributed by atoms with E-state index in [9.17, 15) is 23.2 Å². The van der Waals surface area contributed by atoms with E-state index in [0.29, 0.717) is 73.8 Å². The molecule has 2 aliphatic heterocycles. The van der Waals surface area contributed by atoms with Crippen LogP contribution in [0.4, 0.5) is 24.7 Å². The van der Waals surface area contributed by atoms with Crippen molar-refractivity contribution < 1.29 is 22.7 Å². The standard InChI is InChI=1S/C29H29F3N6O2/c1-16(19-4-3-5-20(25(19)30)26(31)32)34-27-21-12-23-24(13-22(21)35-17(2)36-27)40-11-6-18-14-37(9-10-38(18)23)28(39)29(15-33)7-8-29/h3-5,12-13,16,18,26H,6-11,14H2,1-2H3,(H,34,35,36).